The number of imidazole rings is 2. The fourth-order valence-electron chi connectivity index (χ4n) is 1.80. The highest BCUT2D eigenvalue weighted by Crippen LogP contribution is 2.18. The van der Waals surface area contributed by atoms with Gasteiger partial charge in [-0.3, -0.25) is 0 Å². The largest absolute Gasteiger partial charge is 0.306 e. The van der Waals surface area contributed by atoms with Gasteiger partial charge in [0.05, 0.1) is 23.9 Å². The Labute approximate surface area is 104 Å². The van der Waals surface area contributed by atoms with Crippen molar-refractivity contribution < 1.29 is 0 Å². The summed E-state index contributed by atoms with van der Waals surface area (Å²) < 4.78 is 3.71. The molecular formula is C13H9N5. The van der Waals surface area contributed by atoms with Crippen molar-refractivity contribution in [2.24, 2.45) is 0 Å². The zero-order valence-corrected chi connectivity index (χ0v) is 9.43. The zero-order chi connectivity index (χ0) is 12.4. The van der Waals surface area contributed by atoms with E-state index < -0.39 is 0 Å². The first-order valence-corrected chi connectivity index (χ1v) is 5.39. The van der Waals surface area contributed by atoms with E-state index in [0.29, 0.717) is 5.56 Å². The standard InChI is InChI=1S/C13H9N5/c14-8-11-1-2-12(17-5-3-15-9-17)7-13(11)18-6-4-16-10-18/h1-7,9-10H. The van der Waals surface area contributed by atoms with Crippen molar-refractivity contribution in [1.29, 1.82) is 5.26 Å². The number of nitrogens with zero attached hydrogens (tertiary/aromatic N) is 5. The Bertz CT molecular complexity index is 690. The van der Waals surface area contributed by atoms with Gasteiger partial charge in [0.2, 0.25) is 0 Å². The zero-order valence-electron chi connectivity index (χ0n) is 9.43. The summed E-state index contributed by atoms with van der Waals surface area (Å²) in [5.74, 6) is 0. The van der Waals surface area contributed by atoms with Crippen LogP contribution in [0.1, 0.15) is 5.56 Å². The van der Waals surface area contributed by atoms with Gasteiger partial charge >= 0.3 is 0 Å². The van der Waals surface area contributed by atoms with Crippen molar-refractivity contribution in [3.63, 3.8) is 0 Å². The molecule has 1 aromatic carbocycles. The van der Waals surface area contributed by atoms with E-state index in [1.165, 1.54) is 0 Å². The fourth-order valence-corrected chi connectivity index (χ4v) is 1.80. The number of rotatable bonds is 2. The van der Waals surface area contributed by atoms with Crippen LogP contribution in [-0.2, 0) is 0 Å². The molecule has 5 nitrogen and oxygen atoms in total. The number of hydrogen-bond donors (Lipinski definition) is 0. The van der Waals surface area contributed by atoms with Crippen LogP contribution in [-0.4, -0.2) is 19.1 Å². The molecule has 0 aliphatic carbocycles. The van der Waals surface area contributed by atoms with Gasteiger partial charge in [0.25, 0.3) is 0 Å². The van der Waals surface area contributed by atoms with Crippen LogP contribution in [0.4, 0.5) is 0 Å². The van der Waals surface area contributed by atoms with Crippen molar-refractivity contribution in [2.45, 2.75) is 0 Å². The highest BCUT2D eigenvalue weighted by molar-refractivity contribution is 5.54. The second-order valence-corrected chi connectivity index (χ2v) is 3.75. The molecule has 0 unspecified atom stereocenters. The molecule has 2 heterocycles. The summed E-state index contributed by atoms with van der Waals surface area (Å²) in [5.41, 5.74) is 2.37. The monoisotopic (exact) mass is 235 g/mol. The molecule has 0 fully saturated rings. The molecule has 0 radical (unpaired) electrons. The summed E-state index contributed by atoms with van der Waals surface area (Å²) in [6.07, 6.45) is 10.5. The van der Waals surface area contributed by atoms with Gasteiger partial charge in [-0.25, -0.2) is 9.97 Å². The van der Waals surface area contributed by atoms with E-state index in [1.54, 1.807) is 31.1 Å². The molecule has 3 rings (SSSR count). The van der Waals surface area contributed by atoms with Crippen molar-refractivity contribution in [1.82, 2.24) is 19.1 Å². The summed E-state index contributed by atoms with van der Waals surface area (Å²) >= 11 is 0. The Morgan fingerprint density at radius 1 is 1.00 bits per heavy atom. The number of aromatic nitrogens is 4. The molecule has 0 saturated carbocycles. The van der Waals surface area contributed by atoms with Gasteiger partial charge in [0.15, 0.2) is 0 Å². The predicted octanol–water partition coefficient (Wildman–Crippen LogP) is 1.93. The van der Waals surface area contributed by atoms with E-state index in [9.17, 15) is 0 Å². The summed E-state index contributed by atoms with van der Waals surface area (Å²) in [7, 11) is 0. The van der Waals surface area contributed by atoms with Gasteiger partial charge in [-0.15, -0.1) is 0 Å². The van der Waals surface area contributed by atoms with Gasteiger partial charge in [-0.05, 0) is 18.2 Å². The molecule has 0 bridgehead atoms. The molecule has 18 heavy (non-hydrogen) atoms. The maximum atomic E-state index is 9.14. The Kier molecular flexibility index (Phi) is 2.39. The predicted molar refractivity (Wildman–Crippen MR) is 65.4 cm³/mol. The Morgan fingerprint density at radius 2 is 1.72 bits per heavy atom. The molecular weight excluding hydrogens is 226 g/mol. The van der Waals surface area contributed by atoms with Crippen LogP contribution in [0.5, 0.6) is 0 Å². The van der Waals surface area contributed by atoms with Gasteiger partial charge in [0, 0.05) is 30.5 Å². The summed E-state index contributed by atoms with van der Waals surface area (Å²) in [4.78, 5) is 8.01. The third-order valence-electron chi connectivity index (χ3n) is 2.69. The van der Waals surface area contributed by atoms with Crippen LogP contribution in [0, 0.1) is 11.3 Å². The second-order valence-electron chi connectivity index (χ2n) is 3.75. The van der Waals surface area contributed by atoms with Gasteiger partial charge in [-0.2, -0.15) is 5.26 Å². The van der Waals surface area contributed by atoms with Gasteiger partial charge < -0.3 is 9.13 Å². The SMILES string of the molecule is N#Cc1ccc(-n2ccnc2)cc1-n1ccnc1. The molecule has 2 aromatic heterocycles. The molecule has 0 amide bonds. The van der Waals surface area contributed by atoms with Crippen molar-refractivity contribution in [3.8, 4) is 17.4 Å². The van der Waals surface area contributed by atoms with E-state index in [1.807, 2.05) is 33.7 Å². The third kappa shape index (κ3) is 1.66. The molecule has 0 atom stereocenters. The molecule has 0 aliphatic rings. The fraction of sp³-hybridized carbons (Fsp3) is 0. The topological polar surface area (TPSA) is 59.4 Å². The van der Waals surface area contributed by atoms with E-state index in [4.69, 9.17) is 5.26 Å². The summed E-state index contributed by atoms with van der Waals surface area (Å²) in [5, 5.41) is 9.14. The highest BCUT2D eigenvalue weighted by Gasteiger charge is 2.06. The van der Waals surface area contributed by atoms with Crippen LogP contribution < -0.4 is 0 Å². The van der Waals surface area contributed by atoms with Crippen LogP contribution in [0.2, 0.25) is 0 Å². The molecule has 86 valence electrons. The number of hydrogen-bond acceptors (Lipinski definition) is 3. The van der Waals surface area contributed by atoms with Gasteiger partial charge in [0.1, 0.15) is 6.07 Å². The maximum Gasteiger partial charge on any atom is 0.101 e. The Balaban J connectivity index is 2.17. The minimum Gasteiger partial charge on any atom is -0.306 e. The lowest BCUT2D eigenvalue weighted by molar-refractivity contribution is 1.02. The number of benzene rings is 1. The Hall–Kier alpha value is -2.87. The lowest BCUT2D eigenvalue weighted by atomic mass is 10.1. The number of nitriles is 1. The smallest absolute Gasteiger partial charge is 0.101 e. The first-order chi connectivity index (χ1) is 8.88. The van der Waals surface area contributed by atoms with Crippen LogP contribution in [0.25, 0.3) is 11.4 Å². The minimum atomic E-state index is 0.608. The molecule has 0 aliphatic heterocycles. The Morgan fingerprint density at radius 3 is 2.33 bits per heavy atom. The quantitative estimate of drug-likeness (QED) is 0.681. The first-order valence-electron chi connectivity index (χ1n) is 5.39. The van der Waals surface area contributed by atoms with E-state index in [0.717, 1.165) is 11.4 Å². The minimum absolute atomic E-state index is 0.608. The summed E-state index contributed by atoms with van der Waals surface area (Å²) in [6, 6.07) is 7.80. The van der Waals surface area contributed by atoms with Gasteiger partial charge in [-0.1, -0.05) is 0 Å². The second kappa shape index (κ2) is 4.18. The normalized spacial score (nSPS) is 10.2. The molecule has 3 aromatic rings. The molecule has 0 saturated heterocycles. The van der Waals surface area contributed by atoms with Crippen molar-refractivity contribution in [3.05, 3.63) is 61.2 Å². The van der Waals surface area contributed by atoms with E-state index in [2.05, 4.69) is 16.0 Å². The van der Waals surface area contributed by atoms with Crippen LogP contribution >= 0.6 is 0 Å². The lowest BCUT2D eigenvalue weighted by Gasteiger charge is -2.08. The molecule has 5 heteroatoms. The van der Waals surface area contributed by atoms with E-state index in [-0.39, 0.29) is 0 Å². The van der Waals surface area contributed by atoms with Crippen LogP contribution in [0.15, 0.2) is 55.6 Å². The average Bonchev–Trinajstić information content (AvgIpc) is 3.11. The van der Waals surface area contributed by atoms with E-state index >= 15 is 0 Å². The first kappa shape index (κ1) is 10.3. The maximum absolute atomic E-state index is 9.14. The highest BCUT2D eigenvalue weighted by atomic mass is 15.0. The van der Waals surface area contributed by atoms with Crippen molar-refractivity contribution >= 4 is 0 Å². The third-order valence-corrected chi connectivity index (χ3v) is 2.69. The van der Waals surface area contributed by atoms with Crippen molar-refractivity contribution in [2.75, 3.05) is 0 Å². The summed E-state index contributed by atoms with van der Waals surface area (Å²) in [6.45, 7) is 0. The lowest BCUT2D eigenvalue weighted by Crippen LogP contribution is -1.98. The van der Waals surface area contributed by atoms with Crippen LogP contribution in [0.3, 0.4) is 0 Å². The average molecular weight is 235 g/mol. The molecule has 0 spiro atoms. The molecule has 0 N–H and O–H groups in total.